The normalized spacial score (nSPS) is 19.6. The van der Waals surface area contributed by atoms with Crippen molar-refractivity contribution in [3.8, 4) is 0 Å². The maximum Gasteiger partial charge on any atom is 0.0953 e. The maximum absolute atomic E-state index is 6.04. The molecule has 2 rings (SSSR count). The zero-order valence-corrected chi connectivity index (χ0v) is 11.3. The summed E-state index contributed by atoms with van der Waals surface area (Å²) < 4.78 is 2.36. The van der Waals surface area contributed by atoms with Gasteiger partial charge < -0.3 is 10.3 Å². The second kappa shape index (κ2) is 4.81. The highest BCUT2D eigenvalue weighted by molar-refractivity contribution is 5.12. The zero-order valence-electron chi connectivity index (χ0n) is 11.3. The van der Waals surface area contributed by atoms with Crippen LogP contribution in [-0.2, 0) is 5.54 Å². The Bertz CT molecular complexity index is 363. The van der Waals surface area contributed by atoms with Crippen molar-refractivity contribution in [2.45, 2.75) is 57.9 Å². The highest BCUT2D eigenvalue weighted by Crippen LogP contribution is 2.45. The molecule has 0 spiro atoms. The van der Waals surface area contributed by atoms with Crippen molar-refractivity contribution < 1.29 is 0 Å². The van der Waals surface area contributed by atoms with E-state index in [1.807, 2.05) is 12.5 Å². The smallest absolute Gasteiger partial charge is 0.0953 e. The molecule has 1 unspecified atom stereocenters. The van der Waals surface area contributed by atoms with Crippen LogP contribution in [0, 0.1) is 5.92 Å². The number of aromatic nitrogens is 2. The van der Waals surface area contributed by atoms with Gasteiger partial charge in [-0.1, -0.05) is 13.8 Å². The topological polar surface area (TPSA) is 43.8 Å². The molecule has 96 valence electrons. The first-order valence-electron chi connectivity index (χ1n) is 6.90. The van der Waals surface area contributed by atoms with Crippen LogP contribution in [0.15, 0.2) is 12.5 Å². The van der Waals surface area contributed by atoms with Crippen LogP contribution in [0.2, 0.25) is 0 Å². The number of nitrogens with two attached hydrogens (primary N) is 1. The first-order valence-corrected chi connectivity index (χ1v) is 6.90. The van der Waals surface area contributed by atoms with Gasteiger partial charge in [0.25, 0.3) is 0 Å². The Hall–Kier alpha value is -0.830. The van der Waals surface area contributed by atoms with Crippen LogP contribution in [0.5, 0.6) is 0 Å². The molecule has 1 aromatic rings. The molecule has 3 heteroatoms. The lowest BCUT2D eigenvalue weighted by Gasteiger charge is -2.33. The van der Waals surface area contributed by atoms with Crippen molar-refractivity contribution >= 4 is 0 Å². The average Bonchev–Trinajstić information content (AvgIpc) is 3.10. The van der Waals surface area contributed by atoms with Crippen LogP contribution in [0.1, 0.15) is 58.1 Å². The number of hydrogen-bond donors (Lipinski definition) is 1. The molecule has 1 fully saturated rings. The third-order valence-corrected chi connectivity index (χ3v) is 4.49. The van der Waals surface area contributed by atoms with E-state index < -0.39 is 0 Å². The largest absolute Gasteiger partial charge is 0.328 e. The van der Waals surface area contributed by atoms with Gasteiger partial charge in [0.1, 0.15) is 0 Å². The van der Waals surface area contributed by atoms with Gasteiger partial charge >= 0.3 is 0 Å². The molecule has 17 heavy (non-hydrogen) atoms. The zero-order chi connectivity index (χ0) is 12.5. The second-order valence-corrected chi connectivity index (χ2v) is 5.54. The minimum Gasteiger partial charge on any atom is -0.328 e. The van der Waals surface area contributed by atoms with Crippen molar-refractivity contribution in [1.29, 1.82) is 0 Å². The third-order valence-electron chi connectivity index (χ3n) is 4.49. The van der Waals surface area contributed by atoms with Gasteiger partial charge in [-0.25, -0.2) is 4.98 Å². The molecule has 1 aromatic heterocycles. The molecule has 1 aliphatic carbocycles. The molecule has 1 aliphatic rings. The summed E-state index contributed by atoms with van der Waals surface area (Å²) in [6.45, 7) is 7.50. The van der Waals surface area contributed by atoms with Crippen molar-refractivity contribution in [1.82, 2.24) is 9.55 Å². The van der Waals surface area contributed by atoms with Gasteiger partial charge in [-0.3, -0.25) is 0 Å². The summed E-state index contributed by atoms with van der Waals surface area (Å²) in [7, 11) is 0. The molecule has 1 heterocycles. The molecule has 0 saturated heterocycles. The summed E-state index contributed by atoms with van der Waals surface area (Å²) in [6.07, 6.45) is 9.00. The summed E-state index contributed by atoms with van der Waals surface area (Å²) in [5.41, 5.74) is 7.49. The Morgan fingerprint density at radius 1 is 1.47 bits per heavy atom. The molecule has 1 saturated carbocycles. The fraction of sp³-hybridized carbons (Fsp3) is 0.786. The van der Waals surface area contributed by atoms with Crippen molar-refractivity contribution in [3.63, 3.8) is 0 Å². The summed E-state index contributed by atoms with van der Waals surface area (Å²) in [5, 5.41) is 0. The Morgan fingerprint density at radius 3 is 2.59 bits per heavy atom. The van der Waals surface area contributed by atoms with Crippen LogP contribution in [-0.4, -0.2) is 16.1 Å². The monoisotopic (exact) mass is 235 g/mol. The predicted octanol–water partition coefficient (Wildman–Crippen LogP) is 2.87. The first kappa shape index (κ1) is 12.6. The Balaban J connectivity index is 2.34. The fourth-order valence-corrected chi connectivity index (χ4v) is 2.91. The van der Waals surface area contributed by atoms with Crippen LogP contribution in [0.3, 0.4) is 0 Å². The Morgan fingerprint density at radius 2 is 2.12 bits per heavy atom. The van der Waals surface area contributed by atoms with Crippen LogP contribution in [0.4, 0.5) is 0 Å². The third kappa shape index (κ3) is 2.13. The summed E-state index contributed by atoms with van der Waals surface area (Å²) in [5.74, 6) is 1.36. The number of nitrogens with zero attached hydrogens (tertiary/aromatic N) is 2. The van der Waals surface area contributed by atoms with E-state index in [1.165, 1.54) is 31.4 Å². The van der Waals surface area contributed by atoms with Gasteiger partial charge in [0.05, 0.1) is 11.9 Å². The van der Waals surface area contributed by atoms with Crippen LogP contribution < -0.4 is 5.73 Å². The minimum absolute atomic E-state index is 0.0778. The lowest BCUT2D eigenvalue weighted by Crippen LogP contribution is -2.41. The molecule has 0 aromatic carbocycles. The molecular formula is C14H25N3. The van der Waals surface area contributed by atoms with Crippen molar-refractivity contribution in [2.75, 3.05) is 6.54 Å². The van der Waals surface area contributed by atoms with E-state index in [9.17, 15) is 0 Å². The van der Waals surface area contributed by atoms with Crippen molar-refractivity contribution in [2.24, 2.45) is 11.7 Å². The van der Waals surface area contributed by atoms with Gasteiger partial charge in [0.2, 0.25) is 0 Å². The van der Waals surface area contributed by atoms with Gasteiger partial charge in [-0.15, -0.1) is 0 Å². The molecular weight excluding hydrogens is 210 g/mol. The number of imidazole rings is 1. The highest BCUT2D eigenvalue weighted by Gasteiger charge is 2.43. The van der Waals surface area contributed by atoms with E-state index >= 15 is 0 Å². The summed E-state index contributed by atoms with van der Waals surface area (Å²) >= 11 is 0. The predicted molar refractivity (Wildman–Crippen MR) is 71.0 cm³/mol. The lowest BCUT2D eigenvalue weighted by atomic mass is 9.92. The molecule has 3 nitrogen and oxygen atoms in total. The molecule has 0 radical (unpaired) electrons. The molecule has 0 amide bonds. The Kier molecular flexibility index (Phi) is 3.57. The van der Waals surface area contributed by atoms with E-state index in [-0.39, 0.29) is 5.54 Å². The van der Waals surface area contributed by atoms with Gasteiger partial charge in [-0.05, 0) is 38.5 Å². The highest BCUT2D eigenvalue weighted by atomic mass is 15.1. The molecule has 2 N–H and O–H groups in total. The van der Waals surface area contributed by atoms with Gasteiger partial charge in [0.15, 0.2) is 0 Å². The van der Waals surface area contributed by atoms with Crippen LogP contribution >= 0.6 is 0 Å². The van der Waals surface area contributed by atoms with E-state index in [4.69, 9.17) is 5.73 Å². The van der Waals surface area contributed by atoms with Gasteiger partial charge in [0, 0.05) is 24.4 Å². The van der Waals surface area contributed by atoms with Crippen molar-refractivity contribution in [3.05, 3.63) is 18.2 Å². The van der Waals surface area contributed by atoms with E-state index in [2.05, 4.69) is 30.3 Å². The quantitative estimate of drug-likeness (QED) is 0.824. The number of rotatable bonds is 6. The average molecular weight is 235 g/mol. The lowest BCUT2D eigenvalue weighted by molar-refractivity contribution is 0.268. The molecule has 0 aliphatic heterocycles. The SMILES string of the molecule is CCC(CC)c1cncn1C(C)(CN)C1CC1. The molecule has 1 atom stereocenters. The van der Waals surface area contributed by atoms with E-state index in [0.29, 0.717) is 12.5 Å². The summed E-state index contributed by atoms with van der Waals surface area (Å²) in [6, 6.07) is 0. The van der Waals surface area contributed by atoms with E-state index in [1.54, 1.807) is 0 Å². The van der Waals surface area contributed by atoms with E-state index in [0.717, 1.165) is 5.92 Å². The number of hydrogen-bond acceptors (Lipinski definition) is 2. The maximum atomic E-state index is 6.04. The Labute approximate surface area is 104 Å². The summed E-state index contributed by atoms with van der Waals surface area (Å²) in [4.78, 5) is 4.37. The molecule has 0 bridgehead atoms. The standard InChI is InChI=1S/C14H25N3/c1-4-11(5-2)13-8-16-10-17(13)14(3,9-15)12-6-7-12/h8,10-12H,4-7,9,15H2,1-3H3. The van der Waals surface area contributed by atoms with Gasteiger partial charge in [-0.2, -0.15) is 0 Å². The van der Waals surface area contributed by atoms with Crippen LogP contribution in [0.25, 0.3) is 0 Å². The minimum atomic E-state index is 0.0778. The fourth-order valence-electron chi connectivity index (χ4n) is 2.91. The second-order valence-electron chi connectivity index (χ2n) is 5.54. The first-order chi connectivity index (χ1) is 8.17.